The molecule has 21 heavy (non-hydrogen) atoms. The van der Waals surface area contributed by atoms with Crippen molar-refractivity contribution in [3.8, 4) is 0 Å². The standard InChI is InChI=1S/C15H10BrFN2OS/c1-8-2-5-12-13(6-8)21-15(18-12)19-14(20)10-7-9(17)3-4-11(10)16/h2-7H,1H3,(H,18,19,20). The average Bonchev–Trinajstić information content (AvgIpc) is 2.82. The Morgan fingerprint density at radius 3 is 2.90 bits per heavy atom. The van der Waals surface area contributed by atoms with Crippen molar-refractivity contribution in [1.82, 2.24) is 4.98 Å². The van der Waals surface area contributed by atoms with Crippen molar-refractivity contribution in [1.29, 1.82) is 0 Å². The molecule has 106 valence electrons. The Morgan fingerprint density at radius 1 is 1.29 bits per heavy atom. The zero-order chi connectivity index (χ0) is 15.0. The predicted molar refractivity (Wildman–Crippen MR) is 86.4 cm³/mol. The topological polar surface area (TPSA) is 42.0 Å². The van der Waals surface area contributed by atoms with Crippen LogP contribution in [0, 0.1) is 12.7 Å². The fourth-order valence-corrected chi connectivity index (χ4v) is 3.31. The van der Waals surface area contributed by atoms with Gasteiger partial charge >= 0.3 is 0 Å². The number of carbonyl (C=O) groups excluding carboxylic acids is 1. The first-order valence-corrected chi connectivity index (χ1v) is 7.77. The Morgan fingerprint density at radius 2 is 2.10 bits per heavy atom. The highest BCUT2D eigenvalue weighted by atomic mass is 79.9. The lowest BCUT2D eigenvalue weighted by molar-refractivity contribution is 0.102. The van der Waals surface area contributed by atoms with Crippen molar-refractivity contribution in [3.05, 3.63) is 57.8 Å². The van der Waals surface area contributed by atoms with Crippen molar-refractivity contribution >= 4 is 48.5 Å². The van der Waals surface area contributed by atoms with Crippen LogP contribution in [-0.4, -0.2) is 10.9 Å². The zero-order valence-electron chi connectivity index (χ0n) is 11.0. The molecule has 0 saturated heterocycles. The molecule has 1 amide bonds. The Hall–Kier alpha value is -1.79. The summed E-state index contributed by atoms with van der Waals surface area (Å²) in [5.41, 5.74) is 2.21. The second-order valence-electron chi connectivity index (χ2n) is 4.57. The van der Waals surface area contributed by atoms with E-state index in [-0.39, 0.29) is 5.56 Å². The Balaban J connectivity index is 1.90. The minimum atomic E-state index is -0.455. The lowest BCUT2D eigenvalue weighted by atomic mass is 10.2. The van der Waals surface area contributed by atoms with Gasteiger partial charge in [0, 0.05) is 4.47 Å². The van der Waals surface area contributed by atoms with Gasteiger partial charge in [0.25, 0.3) is 5.91 Å². The van der Waals surface area contributed by atoms with Crippen LogP contribution in [0.3, 0.4) is 0 Å². The van der Waals surface area contributed by atoms with Gasteiger partial charge in [-0.2, -0.15) is 0 Å². The van der Waals surface area contributed by atoms with Crippen LogP contribution in [0.25, 0.3) is 10.2 Å². The fraction of sp³-hybridized carbons (Fsp3) is 0.0667. The monoisotopic (exact) mass is 364 g/mol. The molecule has 0 radical (unpaired) electrons. The third-order valence-corrected chi connectivity index (χ3v) is 4.56. The SMILES string of the molecule is Cc1ccc2nc(NC(=O)c3cc(F)ccc3Br)sc2c1. The number of aryl methyl sites for hydroxylation is 1. The quantitative estimate of drug-likeness (QED) is 0.712. The predicted octanol–water partition coefficient (Wildman–Crippen LogP) is 4.76. The van der Waals surface area contributed by atoms with E-state index in [1.54, 1.807) is 0 Å². The van der Waals surface area contributed by atoms with Gasteiger partial charge in [0.15, 0.2) is 5.13 Å². The zero-order valence-corrected chi connectivity index (χ0v) is 13.4. The van der Waals surface area contributed by atoms with Gasteiger partial charge in [0.2, 0.25) is 0 Å². The maximum Gasteiger partial charge on any atom is 0.258 e. The summed E-state index contributed by atoms with van der Waals surface area (Å²) in [6.45, 7) is 2.00. The Kier molecular flexibility index (Phi) is 3.73. The first kappa shape index (κ1) is 14.2. The molecule has 1 N–H and O–H groups in total. The smallest absolute Gasteiger partial charge is 0.258 e. The third kappa shape index (κ3) is 2.96. The molecule has 6 heteroatoms. The Labute approximate surface area is 133 Å². The number of thiazole rings is 1. The first-order chi connectivity index (χ1) is 10.0. The molecular weight excluding hydrogens is 355 g/mol. The van der Waals surface area contributed by atoms with E-state index < -0.39 is 11.7 Å². The highest BCUT2D eigenvalue weighted by molar-refractivity contribution is 9.10. The van der Waals surface area contributed by atoms with Crippen molar-refractivity contribution in [2.24, 2.45) is 0 Å². The largest absolute Gasteiger partial charge is 0.298 e. The number of fused-ring (bicyclic) bond motifs is 1. The molecule has 3 nitrogen and oxygen atoms in total. The molecular formula is C15H10BrFN2OS. The van der Waals surface area contributed by atoms with Gasteiger partial charge in [-0.25, -0.2) is 9.37 Å². The molecule has 1 heterocycles. The van der Waals surface area contributed by atoms with Crippen LogP contribution < -0.4 is 5.32 Å². The van der Waals surface area contributed by atoms with Crippen molar-refractivity contribution < 1.29 is 9.18 Å². The maximum absolute atomic E-state index is 13.2. The third-order valence-electron chi connectivity index (χ3n) is 2.94. The summed E-state index contributed by atoms with van der Waals surface area (Å²) in [5.74, 6) is -0.847. The van der Waals surface area contributed by atoms with Gasteiger partial charge in [-0.05, 0) is 58.7 Å². The van der Waals surface area contributed by atoms with Crippen LogP contribution in [-0.2, 0) is 0 Å². The van der Waals surface area contributed by atoms with E-state index in [1.165, 1.54) is 29.5 Å². The van der Waals surface area contributed by atoms with Gasteiger partial charge < -0.3 is 0 Å². The maximum atomic E-state index is 13.2. The number of amides is 1. The summed E-state index contributed by atoms with van der Waals surface area (Å²) in [6.07, 6.45) is 0. The molecule has 3 aromatic rings. The first-order valence-electron chi connectivity index (χ1n) is 6.16. The van der Waals surface area contributed by atoms with Gasteiger partial charge in [0.1, 0.15) is 5.82 Å². The molecule has 0 spiro atoms. The summed E-state index contributed by atoms with van der Waals surface area (Å²) in [6, 6.07) is 9.89. The van der Waals surface area contributed by atoms with E-state index in [0.29, 0.717) is 9.60 Å². The summed E-state index contributed by atoms with van der Waals surface area (Å²) in [7, 11) is 0. The van der Waals surface area contributed by atoms with Crippen LogP contribution >= 0.6 is 27.3 Å². The number of nitrogens with one attached hydrogen (secondary N) is 1. The molecule has 0 aliphatic carbocycles. The number of aromatic nitrogens is 1. The van der Waals surface area contributed by atoms with Gasteiger partial charge in [-0.3, -0.25) is 10.1 Å². The molecule has 3 rings (SSSR count). The van der Waals surface area contributed by atoms with Crippen LogP contribution in [0.1, 0.15) is 15.9 Å². The van der Waals surface area contributed by atoms with Crippen molar-refractivity contribution in [2.45, 2.75) is 6.92 Å². The lowest BCUT2D eigenvalue weighted by Crippen LogP contribution is -2.12. The van der Waals surface area contributed by atoms with E-state index >= 15 is 0 Å². The van der Waals surface area contributed by atoms with E-state index in [1.807, 2.05) is 25.1 Å². The minimum absolute atomic E-state index is 0.241. The van der Waals surface area contributed by atoms with Crippen LogP contribution in [0.5, 0.6) is 0 Å². The summed E-state index contributed by atoms with van der Waals surface area (Å²) in [5, 5.41) is 3.20. The molecule has 0 unspecified atom stereocenters. The number of nitrogens with zero attached hydrogens (tertiary/aromatic N) is 1. The fourth-order valence-electron chi connectivity index (χ4n) is 1.92. The number of anilines is 1. The molecule has 0 aliphatic heterocycles. The molecule has 0 saturated carbocycles. The number of hydrogen-bond donors (Lipinski definition) is 1. The van der Waals surface area contributed by atoms with Crippen molar-refractivity contribution in [3.63, 3.8) is 0 Å². The molecule has 1 aromatic heterocycles. The van der Waals surface area contributed by atoms with Gasteiger partial charge in [-0.1, -0.05) is 17.4 Å². The molecule has 0 aliphatic rings. The number of rotatable bonds is 2. The number of benzene rings is 2. The number of carbonyl (C=O) groups is 1. The highest BCUT2D eigenvalue weighted by Gasteiger charge is 2.13. The molecule has 0 fully saturated rings. The van der Waals surface area contributed by atoms with Crippen molar-refractivity contribution in [2.75, 3.05) is 5.32 Å². The second-order valence-corrected chi connectivity index (χ2v) is 6.45. The second kappa shape index (κ2) is 5.54. The molecule has 0 atom stereocenters. The van der Waals surface area contributed by atoms with Gasteiger partial charge in [0.05, 0.1) is 15.8 Å². The minimum Gasteiger partial charge on any atom is -0.298 e. The van der Waals surface area contributed by atoms with E-state index in [0.717, 1.165) is 15.8 Å². The van der Waals surface area contributed by atoms with E-state index in [4.69, 9.17) is 0 Å². The highest BCUT2D eigenvalue weighted by Crippen LogP contribution is 2.27. The summed E-state index contributed by atoms with van der Waals surface area (Å²) < 4.78 is 14.8. The van der Waals surface area contributed by atoms with Crippen LogP contribution in [0.2, 0.25) is 0 Å². The van der Waals surface area contributed by atoms with Crippen LogP contribution in [0.4, 0.5) is 9.52 Å². The molecule has 2 aromatic carbocycles. The summed E-state index contributed by atoms with van der Waals surface area (Å²) in [4.78, 5) is 16.5. The van der Waals surface area contributed by atoms with Crippen LogP contribution in [0.15, 0.2) is 40.9 Å². The summed E-state index contributed by atoms with van der Waals surface area (Å²) >= 11 is 4.64. The number of halogens is 2. The van der Waals surface area contributed by atoms with E-state index in [9.17, 15) is 9.18 Å². The van der Waals surface area contributed by atoms with E-state index in [2.05, 4.69) is 26.2 Å². The lowest BCUT2D eigenvalue weighted by Gasteiger charge is -2.04. The Bertz CT molecular complexity index is 847. The number of hydrogen-bond acceptors (Lipinski definition) is 3. The van der Waals surface area contributed by atoms with Gasteiger partial charge in [-0.15, -0.1) is 0 Å². The molecule has 0 bridgehead atoms. The normalized spacial score (nSPS) is 10.8. The average molecular weight is 365 g/mol.